The fourth-order valence-electron chi connectivity index (χ4n) is 2.97. The molecule has 1 aromatic heterocycles. The number of halogens is 1. The van der Waals surface area contributed by atoms with E-state index in [1.807, 2.05) is 6.07 Å². The summed E-state index contributed by atoms with van der Waals surface area (Å²) >= 11 is 6.20. The maximum Gasteiger partial charge on any atom is 0.134 e. The van der Waals surface area contributed by atoms with Gasteiger partial charge in [0, 0.05) is 25.1 Å². The van der Waals surface area contributed by atoms with Gasteiger partial charge >= 0.3 is 0 Å². The van der Waals surface area contributed by atoms with E-state index in [0.29, 0.717) is 17.1 Å². The lowest BCUT2D eigenvalue weighted by Gasteiger charge is -2.32. The van der Waals surface area contributed by atoms with Crippen LogP contribution in [-0.2, 0) is 6.42 Å². The summed E-state index contributed by atoms with van der Waals surface area (Å²) in [6.07, 6.45) is 7.16. The molecule has 20 heavy (non-hydrogen) atoms. The molecule has 0 bridgehead atoms. The van der Waals surface area contributed by atoms with Crippen molar-refractivity contribution in [1.29, 1.82) is 0 Å². The van der Waals surface area contributed by atoms with Crippen LogP contribution in [0.4, 0.5) is 5.82 Å². The minimum absolute atomic E-state index is 0.574. The fraction of sp³-hybridized carbons (Fsp3) is 0.750. The molecule has 1 aliphatic carbocycles. The highest BCUT2D eigenvalue weighted by molar-refractivity contribution is 6.29. The molecule has 1 aromatic rings. The molecule has 112 valence electrons. The van der Waals surface area contributed by atoms with E-state index in [1.165, 1.54) is 25.7 Å². The first kappa shape index (κ1) is 15.6. The Bertz CT molecular complexity index is 428. The van der Waals surface area contributed by atoms with Crippen LogP contribution in [0.1, 0.15) is 58.7 Å². The van der Waals surface area contributed by atoms with Crippen molar-refractivity contribution in [1.82, 2.24) is 9.97 Å². The van der Waals surface area contributed by atoms with Gasteiger partial charge in [-0.2, -0.15) is 0 Å². The van der Waals surface area contributed by atoms with E-state index in [9.17, 15) is 0 Å². The van der Waals surface area contributed by atoms with Crippen LogP contribution < -0.4 is 4.90 Å². The van der Waals surface area contributed by atoms with Crippen molar-refractivity contribution in [2.24, 2.45) is 5.92 Å². The second-order valence-corrected chi connectivity index (χ2v) is 6.59. The Morgan fingerprint density at radius 3 is 2.60 bits per heavy atom. The topological polar surface area (TPSA) is 29.0 Å². The van der Waals surface area contributed by atoms with E-state index in [2.05, 4.69) is 30.7 Å². The van der Waals surface area contributed by atoms with Crippen molar-refractivity contribution >= 4 is 17.4 Å². The van der Waals surface area contributed by atoms with E-state index in [1.54, 1.807) is 0 Å². The van der Waals surface area contributed by atoms with Crippen LogP contribution in [0.2, 0.25) is 5.15 Å². The van der Waals surface area contributed by atoms with Gasteiger partial charge in [0.1, 0.15) is 16.8 Å². The molecule has 0 radical (unpaired) electrons. The molecule has 0 saturated heterocycles. The van der Waals surface area contributed by atoms with Crippen molar-refractivity contribution in [3.8, 4) is 0 Å². The molecular weight excluding hydrogens is 270 g/mol. The summed E-state index contributed by atoms with van der Waals surface area (Å²) in [6.45, 7) is 7.71. The zero-order valence-corrected chi connectivity index (χ0v) is 13.7. The van der Waals surface area contributed by atoms with Crippen LogP contribution in [0.15, 0.2) is 6.07 Å². The molecule has 2 rings (SSSR count). The van der Waals surface area contributed by atoms with Gasteiger partial charge < -0.3 is 4.90 Å². The predicted octanol–water partition coefficient (Wildman–Crippen LogP) is 4.49. The standard InChI is InChI=1S/C16H26ClN3/c1-4-7-15-18-14(17)10-16(19-15)20(11-12(2)3)13-8-5-6-9-13/h10,12-13H,4-9,11H2,1-3H3. The summed E-state index contributed by atoms with van der Waals surface area (Å²) in [7, 11) is 0. The number of anilines is 1. The molecule has 1 heterocycles. The predicted molar refractivity (Wildman–Crippen MR) is 85.5 cm³/mol. The quantitative estimate of drug-likeness (QED) is 0.724. The molecule has 0 aromatic carbocycles. The molecule has 3 nitrogen and oxygen atoms in total. The van der Waals surface area contributed by atoms with E-state index < -0.39 is 0 Å². The molecular formula is C16H26ClN3. The summed E-state index contributed by atoms with van der Waals surface area (Å²) < 4.78 is 0. The van der Waals surface area contributed by atoms with Crippen molar-refractivity contribution in [3.63, 3.8) is 0 Å². The van der Waals surface area contributed by atoms with Crippen LogP contribution in [0.25, 0.3) is 0 Å². The molecule has 0 N–H and O–H groups in total. The minimum atomic E-state index is 0.574. The van der Waals surface area contributed by atoms with Gasteiger partial charge in [0.25, 0.3) is 0 Å². The number of aromatic nitrogens is 2. The first-order chi connectivity index (χ1) is 9.60. The smallest absolute Gasteiger partial charge is 0.134 e. The Labute approximate surface area is 127 Å². The van der Waals surface area contributed by atoms with Gasteiger partial charge in [-0.3, -0.25) is 0 Å². The number of nitrogens with zero attached hydrogens (tertiary/aromatic N) is 3. The molecule has 1 aliphatic rings. The second-order valence-electron chi connectivity index (χ2n) is 6.20. The lowest BCUT2D eigenvalue weighted by Crippen LogP contribution is -2.37. The largest absolute Gasteiger partial charge is 0.353 e. The Morgan fingerprint density at radius 2 is 2.00 bits per heavy atom. The zero-order chi connectivity index (χ0) is 14.5. The van der Waals surface area contributed by atoms with Crippen LogP contribution in [0.5, 0.6) is 0 Å². The van der Waals surface area contributed by atoms with Crippen molar-refractivity contribution < 1.29 is 0 Å². The molecule has 0 amide bonds. The number of hydrogen-bond acceptors (Lipinski definition) is 3. The van der Waals surface area contributed by atoms with Gasteiger partial charge in [-0.1, -0.05) is 45.2 Å². The van der Waals surface area contributed by atoms with Gasteiger partial charge in [0.15, 0.2) is 0 Å². The summed E-state index contributed by atoms with van der Waals surface area (Å²) in [5.74, 6) is 2.52. The average Bonchev–Trinajstić information content (AvgIpc) is 2.89. The van der Waals surface area contributed by atoms with Gasteiger partial charge in [-0.05, 0) is 25.2 Å². The Morgan fingerprint density at radius 1 is 1.30 bits per heavy atom. The highest BCUT2D eigenvalue weighted by Gasteiger charge is 2.25. The van der Waals surface area contributed by atoms with E-state index >= 15 is 0 Å². The van der Waals surface area contributed by atoms with Crippen molar-refractivity contribution in [3.05, 3.63) is 17.0 Å². The van der Waals surface area contributed by atoms with E-state index in [0.717, 1.165) is 31.0 Å². The van der Waals surface area contributed by atoms with Crippen molar-refractivity contribution in [2.75, 3.05) is 11.4 Å². The zero-order valence-electron chi connectivity index (χ0n) is 12.9. The first-order valence-electron chi connectivity index (χ1n) is 7.90. The van der Waals surface area contributed by atoms with Crippen LogP contribution in [0.3, 0.4) is 0 Å². The Hall–Kier alpha value is -0.830. The molecule has 0 aliphatic heterocycles. The summed E-state index contributed by atoms with van der Waals surface area (Å²) in [5, 5.41) is 0.574. The molecule has 4 heteroatoms. The lowest BCUT2D eigenvalue weighted by molar-refractivity contribution is 0.530. The number of aryl methyl sites for hydroxylation is 1. The molecule has 0 unspecified atom stereocenters. The second kappa shape index (κ2) is 7.26. The fourth-order valence-corrected chi connectivity index (χ4v) is 3.17. The maximum absolute atomic E-state index is 6.20. The Balaban J connectivity index is 2.26. The van der Waals surface area contributed by atoms with Gasteiger partial charge in [0.05, 0.1) is 0 Å². The third-order valence-corrected chi connectivity index (χ3v) is 4.02. The van der Waals surface area contributed by atoms with Crippen LogP contribution in [0, 0.1) is 5.92 Å². The lowest BCUT2D eigenvalue weighted by atomic mass is 10.1. The monoisotopic (exact) mass is 295 g/mol. The molecule has 0 atom stereocenters. The SMILES string of the molecule is CCCc1nc(Cl)cc(N(CC(C)C)C2CCCC2)n1. The first-order valence-corrected chi connectivity index (χ1v) is 8.28. The third kappa shape index (κ3) is 4.08. The maximum atomic E-state index is 6.20. The van der Waals surface area contributed by atoms with Crippen molar-refractivity contribution in [2.45, 2.75) is 65.3 Å². The third-order valence-electron chi connectivity index (χ3n) is 3.82. The highest BCUT2D eigenvalue weighted by Crippen LogP contribution is 2.29. The van der Waals surface area contributed by atoms with Crippen LogP contribution >= 0.6 is 11.6 Å². The number of hydrogen-bond donors (Lipinski definition) is 0. The summed E-state index contributed by atoms with van der Waals surface area (Å²) in [5.41, 5.74) is 0. The minimum Gasteiger partial charge on any atom is -0.353 e. The molecule has 1 saturated carbocycles. The normalized spacial score (nSPS) is 16.1. The molecule has 1 fully saturated rings. The Kier molecular flexibility index (Phi) is 5.64. The van der Waals surface area contributed by atoms with Gasteiger partial charge in [-0.25, -0.2) is 9.97 Å². The average molecular weight is 296 g/mol. The highest BCUT2D eigenvalue weighted by atomic mass is 35.5. The van der Waals surface area contributed by atoms with E-state index in [4.69, 9.17) is 16.6 Å². The molecule has 0 spiro atoms. The van der Waals surface area contributed by atoms with Gasteiger partial charge in [0.2, 0.25) is 0 Å². The van der Waals surface area contributed by atoms with E-state index in [-0.39, 0.29) is 0 Å². The number of rotatable bonds is 6. The van der Waals surface area contributed by atoms with Gasteiger partial charge in [-0.15, -0.1) is 0 Å². The summed E-state index contributed by atoms with van der Waals surface area (Å²) in [6, 6.07) is 2.55. The summed E-state index contributed by atoms with van der Waals surface area (Å²) in [4.78, 5) is 11.6. The van der Waals surface area contributed by atoms with Crippen LogP contribution in [-0.4, -0.2) is 22.6 Å².